The third kappa shape index (κ3) is 4.14. The summed E-state index contributed by atoms with van der Waals surface area (Å²) in [7, 11) is -1.04. The Labute approximate surface area is 105 Å². The standard InChI is InChI=1S/C12H18ClNOS/c1-12(2,3)6-7-16(15)11-5-4-9(14)8-10(11)13/h4-5,8H,6-7,14H2,1-3H3. The van der Waals surface area contributed by atoms with Gasteiger partial charge >= 0.3 is 0 Å². The summed E-state index contributed by atoms with van der Waals surface area (Å²) >= 11 is 6.00. The molecule has 2 N–H and O–H groups in total. The number of benzene rings is 1. The minimum Gasteiger partial charge on any atom is -0.399 e. The maximum absolute atomic E-state index is 12.0. The van der Waals surface area contributed by atoms with Crippen molar-refractivity contribution in [3.8, 4) is 0 Å². The summed E-state index contributed by atoms with van der Waals surface area (Å²) < 4.78 is 12.0. The second kappa shape index (κ2) is 5.19. The van der Waals surface area contributed by atoms with Crippen molar-refractivity contribution in [3.63, 3.8) is 0 Å². The molecule has 1 aromatic carbocycles. The van der Waals surface area contributed by atoms with Gasteiger partial charge < -0.3 is 5.73 Å². The Morgan fingerprint density at radius 2 is 2.00 bits per heavy atom. The molecule has 0 radical (unpaired) electrons. The van der Waals surface area contributed by atoms with Crippen molar-refractivity contribution in [1.29, 1.82) is 0 Å². The fourth-order valence-electron chi connectivity index (χ4n) is 1.21. The van der Waals surface area contributed by atoms with E-state index >= 15 is 0 Å². The monoisotopic (exact) mass is 259 g/mol. The van der Waals surface area contributed by atoms with Gasteiger partial charge in [0.05, 0.1) is 20.7 Å². The van der Waals surface area contributed by atoms with Crippen LogP contribution in [0.3, 0.4) is 0 Å². The van der Waals surface area contributed by atoms with Gasteiger partial charge in [-0.25, -0.2) is 0 Å². The van der Waals surface area contributed by atoms with E-state index in [0.29, 0.717) is 21.4 Å². The lowest BCUT2D eigenvalue weighted by Crippen LogP contribution is -2.11. The van der Waals surface area contributed by atoms with E-state index in [4.69, 9.17) is 17.3 Å². The average Bonchev–Trinajstić information content (AvgIpc) is 2.13. The summed E-state index contributed by atoms with van der Waals surface area (Å²) in [5.74, 6) is 0.632. The quantitative estimate of drug-likeness (QED) is 0.845. The molecule has 1 aromatic rings. The number of nitrogens with two attached hydrogens (primary N) is 1. The first-order chi connectivity index (χ1) is 7.29. The molecule has 0 aliphatic rings. The highest BCUT2D eigenvalue weighted by Crippen LogP contribution is 2.25. The number of hydrogen-bond donors (Lipinski definition) is 1. The number of nitrogen functional groups attached to an aromatic ring is 1. The summed E-state index contributed by atoms with van der Waals surface area (Å²) in [5, 5.41) is 0.493. The van der Waals surface area contributed by atoms with Crippen molar-refractivity contribution in [2.75, 3.05) is 11.5 Å². The third-order valence-electron chi connectivity index (χ3n) is 2.24. The molecular formula is C12H18ClNOS. The van der Waals surface area contributed by atoms with E-state index in [1.54, 1.807) is 18.2 Å². The smallest absolute Gasteiger partial charge is 0.0587 e. The van der Waals surface area contributed by atoms with Crippen LogP contribution in [0, 0.1) is 5.41 Å². The number of hydrogen-bond acceptors (Lipinski definition) is 2. The first-order valence-corrected chi connectivity index (χ1v) is 6.93. The molecule has 1 unspecified atom stereocenters. The van der Waals surface area contributed by atoms with E-state index in [0.717, 1.165) is 6.42 Å². The zero-order valence-corrected chi connectivity index (χ0v) is 11.5. The number of rotatable bonds is 3. The van der Waals surface area contributed by atoms with E-state index in [-0.39, 0.29) is 5.41 Å². The summed E-state index contributed by atoms with van der Waals surface area (Å²) in [4.78, 5) is 0.681. The fraction of sp³-hybridized carbons (Fsp3) is 0.500. The van der Waals surface area contributed by atoms with Gasteiger partial charge in [0, 0.05) is 11.4 Å². The summed E-state index contributed by atoms with van der Waals surface area (Å²) in [5.41, 5.74) is 6.38. The van der Waals surface area contributed by atoms with Crippen LogP contribution in [0.1, 0.15) is 27.2 Å². The fourth-order valence-corrected chi connectivity index (χ4v) is 3.17. The maximum Gasteiger partial charge on any atom is 0.0587 e. The highest BCUT2D eigenvalue weighted by Gasteiger charge is 2.14. The molecule has 0 bridgehead atoms. The van der Waals surface area contributed by atoms with Crippen LogP contribution >= 0.6 is 11.6 Å². The molecule has 4 heteroatoms. The van der Waals surface area contributed by atoms with Gasteiger partial charge in [0.2, 0.25) is 0 Å². The van der Waals surface area contributed by atoms with Gasteiger partial charge in [-0.15, -0.1) is 0 Å². The molecule has 0 aromatic heterocycles. The molecular weight excluding hydrogens is 242 g/mol. The first-order valence-electron chi connectivity index (χ1n) is 5.23. The van der Waals surface area contributed by atoms with Crippen LogP contribution in [-0.4, -0.2) is 9.96 Å². The van der Waals surface area contributed by atoms with Crippen molar-refractivity contribution in [1.82, 2.24) is 0 Å². The second-order valence-corrected chi connectivity index (χ2v) is 7.00. The molecule has 0 spiro atoms. The predicted molar refractivity (Wildman–Crippen MR) is 71.2 cm³/mol. The van der Waals surface area contributed by atoms with E-state index in [1.807, 2.05) is 0 Å². The highest BCUT2D eigenvalue weighted by atomic mass is 35.5. The summed E-state index contributed by atoms with van der Waals surface area (Å²) in [6.07, 6.45) is 0.903. The molecule has 16 heavy (non-hydrogen) atoms. The lowest BCUT2D eigenvalue weighted by Gasteiger charge is -2.17. The normalized spacial score (nSPS) is 13.8. The van der Waals surface area contributed by atoms with Gasteiger partial charge in [0.25, 0.3) is 0 Å². The maximum atomic E-state index is 12.0. The molecule has 0 saturated heterocycles. The van der Waals surface area contributed by atoms with Crippen LogP contribution in [-0.2, 0) is 10.8 Å². The van der Waals surface area contributed by atoms with Gasteiger partial charge in [-0.3, -0.25) is 4.21 Å². The van der Waals surface area contributed by atoms with Crippen LogP contribution in [0.15, 0.2) is 23.1 Å². The Hall–Kier alpha value is -0.540. The first kappa shape index (κ1) is 13.5. The molecule has 2 nitrogen and oxygen atoms in total. The van der Waals surface area contributed by atoms with Crippen molar-refractivity contribution < 1.29 is 4.21 Å². The molecule has 0 heterocycles. The SMILES string of the molecule is CC(C)(C)CCS(=O)c1ccc(N)cc1Cl. The van der Waals surface area contributed by atoms with E-state index in [1.165, 1.54) is 0 Å². The summed E-state index contributed by atoms with van der Waals surface area (Å²) in [6.45, 7) is 6.40. The molecule has 90 valence electrons. The molecule has 0 aliphatic carbocycles. The largest absolute Gasteiger partial charge is 0.399 e. The van der Waals surface area contributed by atoms with Crippen molar-refractivity contribution in [2.45, 2.75) is 32.1 Å². The van der Waals surface area contributed by atoms with Gasteiger partial charge in [-0.2, -0.15) is 0 Å². The minimum atomic E-state index is -1.04. The molecule has 0 saturated carbocycles. The zero-order chi connectivity index (χ0) is 12.3. The number of halogens is 1. The highest BCUT2D eigenvalue weighted by molar-refractivity contribution is 7.85. The van der Waals surface area contributed by atoms with E-state index < -0.39 is 10.8 Å². The van der Waals surface area contributed by atoms with Crippen LogP contribution in [0.5, 0.6) is 0 Å². The van der Waals surface area contributed by atoms with Crippen molar-refractivity contribution >= 4 is 28.1 Å². The van der Waals surface area contributed by atoms with Gasteiger partial charge in [0.15, 0.2) is 0 Å². The Bertz CT molecular complexity index is 398. The molecule has 0 aliphatic heterocycles. The lowest BCUT2D eigenvalue weighted by molar-refractivity contribution is 0.400. The Balaban J connectivity index is 2.74. The summed E-state index contributed by atoms with van der Waals surface area (Å²) in [6, 6.07) is 5.12. The second-order valence-electron chi connectivity index (χ2n) is 5.05. The van der Waals surface area contributed by atoms with Crippen LogP contribution in [0.25, 0.3) is 0 Å². The van der Waals surface area contributed by atoms with Gasteiger partial charge in [-0.05, 0) is 30.0 Å². The number of anilines is 1. The van der Waals surface area contributed by atoms with E-state index in [2.05, 4.69) is 20.8 Å². The van der Waals surface area contributed by atoms with Gasteiger partial charge in [0.1, 0.15) is 0 Å². The van der Waals surface area contributed by atoms with Crippen LogP contribution in [0.2, 0.25) is 5.02 Å². The molecule has 1 rings (SSSR count). The third-order valence-corrected chi connectivity index (χ3v) is 4.08. The van der Waals surface area contributed by atoms with Crippen LogP contribution < -0.4 is 5.73 Å². The zero-order valence-electron chi connectivity index (χ0n) is 9.92. The topological polar surface area (TPSA) is 43.1 Å². The van der Waals surface area contributed by atoms with E-state index in [9.17, 15) is 4.21 Å². The van der Waals surface area contributed by atoms with Crippen molar-refractivity contribution in [2.24, 2.45) is 5.41 Å². The molecule has 0 fully saturated rings. The van der Waals surface area contributed by atoms with Crippen molar-refractivity contribution in [3.05, 3.63) is 23.2 Å². The lowest BCUT2D eigenvalue weighted by atomic mass is 9.94. The molecule has 1 atom stereocenters. The van der Waals surface area contributed by atoms with Gasteiger partial charge in [-0.1, -0.05) is 32.4 Å². The predicted octanol–water partition coefficient (Wildman–Crippen LogP) is 3.47. The Morgan fingerprint density at radius 3 is 2.50 bits per heavy atom. The van der Waals surface area contributed by atoms with Crippen LogP contribution in [0.4, 0.5) is 5.69 Å². The minimum absolute atomic E-state index is 0.190. The average molecular weight is 260 g/mol. The Kier molecular flexibility index (Phi) is 4.39. The Morgan fingerprint density at radius 1 is 1.38 bits per heavy atom. The molecule has 0 amide bonds.